The van der Waals surface area contributed by atoms with Crippen LogP contribution < -0.4 is 10.6 Å². The number of nitrogens with one attached hydrogen (secondary N) is 2. The van der Waals surface area contributed by atoms with Gasteiger partial charge >= 0.3 is 12.0 Å². The number of esters is 1. The highest BCUT2D eigenvalue weighted by Crippen LogP contribution is 2.28. The predicted octanol–water partition coefficient (Wildman–Crippen LogP) is 2.41. The normalized spacial score (nSPS) is 18.3. The molecular formula is C15H17FN2O3. The topological polar surface area (TPSA) is 67.4 Å². The van der Waals surface area contributed by atoms with Crippen LogP contribution in [0, 0.1) is 5.82 Å². The Morgan fingerprint density at radius 2 is 2.10 bits per heavy atom. The summed E-state index contributed by atoms with van der Waals surface area (Å²) in [6.07, 6.45) is -0.288. The van der Waals surface area contributed by atoms with E-state index in [1.54, 1.807) is 26.8 Å². The quantitative estimate of drug-likeness (QED) is 0.841. The Hall–Kier alpha value is -2.37. The number of ether oxygens (including phenoxy) is 1. The molecule has 2 amide bonds. The molecule has 1 aromatic rings. The summed E-state index contributed by atoms with van der Waals surface area (Å²) < 4.78 is 18.6. The molecule has 2 rings (SSSR count). The maximum atomic E-state index is 13.4. The molecule has 21 heavy (non-hydrogen) atoms. The van der Waals surface area contributed by atoms with Gasteiger partial charge in [-0.2, -0.15) is 0 Å². The van der Waals surface area contributed by atoms with Gasteiger partial charge < -0.3 is 15.4 Å². The van der Waals surface area contributed by atoms with E-state index in [1.165, 1.54) is 18.2 Å². The Morgan fingerprint density at radius 3 is 2.71 bits per heavy atom. The van der Waals surface area contributed by atoms with Crippen molar-refractivity contribution in [2.75, 3.05) is 0 Å². The maximum Gasteiger partial charge on any atom is 0.338 e. The molecule has 5 nitrogen and oxygen atoms in total. The Balaban J connectivity index is 2.43. The van der Waals surface area contributed by atoms with Crippen molar-refractivity contribution >= 4 is 12.0 Å². The van der Waals surface area contributed by atoms with Gasteiger partial charge in [-0.05, 0) is 38.5 Å². The van der Waals surface area contributed by atoms with Crippen LogP contribution >= 0.6 is 0 Å². The summed E-state index contributed by atoms with van der Waals surface area (Å²) in [7, 11) is 0. The van der Waals surface area contributed by atoms with Crippen LogP contribution in [-0.4, -0.2) is 18.1 Å². The number of halogens is 1. The smallest absolute Gasteiger partial charge is 0.338 e. The minimum Gasteiger partial charge on any atom is -0.459 e. The second-order valence-corrected chi connectivity index (χ2v) is 5.08. The maximum absolute atomic E-state index is 13.4. The van der Waals surface area contributed by atoms with Crippen LogP contribution in [0.25, 0.3) is 0 Å². The first-order valence-corrected chi connectivity index (χ1v) is 6.63. The third-order valence-electron chi connectivity index (χ3n) is 3.01. The second kappa shape index (κ2) is 5.95. The number of allylic oxidation sites excluding steroid dienone is 1. The van der Waals surface area contributed by atoms with Crippen LogP contribution in [0.2, 0.25) is 0 Å². The fourth-order valence-electron chi connectivity index (χ4n) is 2.18. The molecule has 1 atom stereocenters. The first-order chi connectivity index (χ1) is 9.88. The molecule has 1 aliphatic rings. The van der Waals surface area contributed by atoms with Crippen molar-refractivity contribution in [2.45, 2.75) is 32.9 Å². The standard InChI is InChI=1S/C15H17FN2O3/c1-8(2)21-14(19)12-9(3)17-15(20)18-13(12)10-5-4-6-11(16)7-10/h4-8,13H,1-3H3,(H2,17,18,20). The minimum absolute atomic E-state index is 0.272. The Kier molecular flexibility index (Phi) is 4.26. The second-order valence-electron chi connectivity index (χ2n) is 5.08. The summed E-state index contributed by atoms with van der Waals surface area (Å²) in [5, 5.41) is 5.15. The zero-order valence-corrected chi connectivity index (χ0v) is 12.1. The summed E-state index contributed by atoms with van der Waals surface area (Å²) in [6, 6.07) is 4.58. The lowest BCUT2D eigenvalue weighted by Gasteiger charge is -2.28. The van der Waals surface area contributed by atoms with E-state index in [9.17, 15) is 14.0 Å². The van der Waals surface area contributed by atoms with Crippen molar-refractivity contribution in [3.63, 3.8) is 0 Å². The van der Waals surface area contributed by atoms with E-state index in [1.807, 2.05) is 0 Å². The van der Waals surface area contributed by atoms with E-state index < -0.39 is 23.9 Å². The van der Waals surface area contributed by atoms with Gasteiger partial charge in [-0.1, -0.05) is 12.1 Å². The van der Waals surface area contributed by atoms with Crippen LogP contribution in [0.1, 0.15) is 32.4 Å². The van der Waals surface area contributed by atoms with Crippen molar-refractivity contribution in [3.8, 4) is 0 Å². The Morgan fingerprint density at radius 1 is 1.38 bits per heavy atom. The molecule has 0 aromatic heterocycles. The van der Waals surface area contributed by atoms with Gasteiger partial charge in [0, 0.05) is 5.70 Å². The molecule has 112 valence electrons. The monoisotopic (exact) mass is 292 g/mol. The summed E-state index contributed by atoms with van der Waals surface area (Å²) >= 11 is 0. The molecule has 0 spiro atoms. The molecule has 2 N–H and O–H groups in total. The number of hydrogen-bond acceptors (Lipinski definition) is 3. The zero-order chi connectivity index (χ0) is 15.6. The Bertz CT molecular complexity index is 611. The molecule has 1 unspecified atom stereocenters. The van der Waals surface area contributed by atoms with Crippen molar-refractivity contribution in [2.24, 2.45) is 0 Å². The zero-order valence-electron chi connectivity index (χ0n) is 12.1. The first kappa shape index (κ1) is 15.0. The average molecular weight is 292 g/mol. The molecule has 1 aliphatic heterocycles. The van der Waals surface area contributed by atoms with Gasteiger partial charge in [0.2, 0.25) is 0 Å². The summed E-state index contributed by atoms with van der Waals surface area (Å²) in [5.74, 6) is -0.973. The molecule has 0 aliphatic carbocycles. The number of benzene rings is 1. The SMILES string of the molecule is CC1=C(C(=O)OC(C)C)C(c2cccc(F)c2)NC(=O)N1. The van der Waals surface area contributed by atoms with Gasteiger partial charge in [0.1, 0.15) is 5.82 Å². The number of hydrogen-bond donors (Lipinski definition) is 2. The molecular weight excluding hydrogens is 275 g/mol. The Labute approximate surface area is 122 Å². The first-order valence-electron chi connectivity index (χ1n) is 6.63. The summed E-state index contributed by atoms with van der Waals surface area (Å²) in [4.78, 5) is 23.9. The number of carbonyl (C=O) groups is 2. The molecule has 6 heteroatoms. The van der Waals surface area contributed by atoms with E-state index in [0.29, 0.717) is 11.3 Å². The highest BCUT2D eigenvalue weighted by atomic mass is 19.1. The van der Waals surface area contributed by atoms with E-state index in [-0.39, 0.29) is 11.7 Å². The number of carbonyl (C=O) groups excluding carboxylic acids is 2. The van der Waals surface area contributed by atoms with E-state index in [2.05, 4.69) is 10.6 Å². The molecule has 0 bridgehead atoms. The number of urea groups is 1. The molecule has 1 aromatic carbocycles. The van der Waals surface area contributed by atoms with Crippen molar-refractivity contribution in [3.05, 3.63) is 46.9 Å². The van der Waals surface area contributed by atoms with Gasteiger partial charge in [0.25, 0.3) is 0 Å². The van der Waals surface area contributed by atoms with Crippen LogP contribution in [0.15, 0.2) is 35.5 Å². The fourth-order valence-corrected chi connectivity index (χ4v) is 2.18. The van der Waals surface area contributed by atoms with Crippen LogP contribution in [0.4, 0.5) is 9.18 Å². The van der Waals surface area contributed by atoms with Crippen LogP contribution in [-0.2, 0) is 9.53 Å². The van der Waals surface area contributed by atoms with E-state index in [0.717, 1.165) is 0 Å². The fraction of sp³-hybridized carbons (Fsp3) is 0.333. The van der Waals surface area contributed by atoms with Gasteiger partial charge in [0.15, 0.2) is 0 Å². The van der Waals surface area contributed by atoms with Crippen LogP contribution in [0.5, 0.6) is 0 Å². The van der Waals surface area contributed by atoms with Gasteiger partial charge in [-0.3, -0.25) is 0 Å². The number of amides is 2. The average Bonchev–Trinajstić information content (AvgIpc) is 2.36. The summed E-state index contributed by atoms with van der Waals surface area (Å²) in [5.41, 5.74) is 1.16. The van der Waals surface area contributed by atoms with Gasteiger partial charge in [0.05, 0.1) is 17.7 Å². The van der Waals surface area contributed by atoms with Gasteiger partial charge in [-0.25, -0.2) is 14.0 Å². The third-order valence-corrected chi connectivity index (χ3v) is 3.01. The molecule has 0 fully saturated rings. The van der Waals surface area contributed by atoms with Gasteiger partial charge in [-0.15, -0.1) is 0 Å². The highest BCUT2D eigenvalue weighted by molar-refractivity contribution is 5.95. The summed E-state index contributed by atoms with van der Waals surface area (Å²) in [6.45, 7) is 5.08. The van der Waals surface area contributed by atoms with E-state index >= 15 is 0 Å². The van der Waals surface area contributed by atoms with Crippen LogP contribution in [0.3, 0.4) is 0 Å². The third kappa shape index (κ3) is 3.39. The van der Waals surface area contributed by atoms with Crippen molar-refractivity contribution in [1.82, 2.24) is 10.6 Å². The molecule has 0 saturated carbocycles. The number of rotatable bonds is 3. The van der Waals surface area contributed by atoms with E-state index in [4.69, 9.17) is 4.74 Å². The lowest BCUT2D eigenvalue weighted by Crippen LogP contribution is -2.45. The molecule has 0 radical (unpaired) electrons. The molecule has 0 saturated heterocycles. The highest BCUT2D eigenvalue weighted by Gasteiger charge is 2.32. The lowest BCUT2D eigenvalue weighted by atomic mass is 9.95. The van der Waals surface area contributed by atoms with Crippen molar-refractivity contribution in [1.29, 1.82) is 0 Å². The molecule has 1 heterocycles. The van der Waals surface area contributed by atoms with Crippen molar-refractivity contribution < 1.29 is 18.7 Å². The largest absolute Gasteiger partial charge is 0.459 e. The minimum atomic E-state index is -0.735. The predicted molar refractivity (Wildman–Crippen MR) is 74.7 cm³/mol. The lowest BCUT2D eigenvalue weighted by molar-refractivity contribution is -0.143.